The Labute approximate surface area is 196 Å². The van der Waals surface area contributed by atoms with Crippen LogP contribution >= 0.6 is 0 Å². The lowest BCUT2D eigenvalue weighted by Crippen LogP contribution is -2.32. The molecule has 1 aliphatic heterocycles. The van der Waals surface area contributed by atoms with Gasteiger partial charge in [0.15, 0.2) is 0 Å². The number of aromatic nitrogens is 2. The summed E-state index contributed by atoms with van der Waals surface area (Å²) in [6, 6.07) is 9.42. The van der Waals surface area contributed by atoms with E-state index in [1.165, 1.54) is 26.2 Å². The molecule has 1 saturated heterocycles. The van der Waals surface area contributed by atoms with E-state index in [2.05, 4.69) is 25.9 Å². The van der Waals surface area contributed by atoms with Crippen molar-refractivity contribution in [3.8, 4) is 5.75 Å². The van der Waals surface area contributed by atoms with Crippen molar-refractivity contribution in [2.24, 2.45) is 0 Å². The molecule has 3 aromatic rings. The van der Waals surface area contributed by atoms with Crippen molar-refractivity contribution in [2.75, 3.05) is 30.4 Å². The maximum Gasteiger partial charge on any atom is 0.319 e. The minimum atomic E-state index is -1.34. The van der Waals surface area contributed by atoms with Crippen LogP contribution in [0.1, 0.15) is 26.7 Å². The Morgan fingerprint density at radius 1 is 1.21 bits per heavy atom. The van der Waals surface area contributed by atoms with Crippen LogP contribution in [0.3, 0.4) is 0 Å². The lowest BCUT2D eigenvalue weighted by atomic mass is 10.1. The van der Waals surface area contributed by atoms with Gasteiger partial charge in [-0.3, -0.25) is 0 Å². The number of nitrogens with zero attached hydrogens (tertiary/aromatic N) is 2. The molecule has 180 valence electrons. The SMILES string of the molecule is CC(C)(F)CCNC(=O)Nc1ccc(Nc2ncnc3cc(O[C@H]4CCOC4)cc(F)c23)cc1. The molecule has 1 atom stereocenters. The molecule has 4 rings (SSSR count). The number of benzene rings is 2. The molecule has 1 aliphatic rings. The summed E-state index contributed by atoms with van der Waals surface area (Å²) in [7, 11) is 0. The fraction of sp³-hybridized carbons (Fsp3) is 0.375. The van der Waals surface area contributed by atoms with Gasteiger partial charge >= 0.3 is 6.03 Å². The number of carbonyl (C=O) groups excluding carboxylic acids is 1. The van der Waals surface area contributed by atoms with Crippen molar-refractivity contribution in [2.45, 2.75) is 38.5 Å². The minimum Gasteiger partial charge on any atom is -0.488 e. The molecule has 0 bridgehead atoms. The van der Waals surface area contributed by atoms with Crippen LogP contribution in [0.25, 0.3) is 10.9 Å². The summed E-state index contributed by atoms with van der Waals surface area (Å²) in [5, 5.41) is 8.63. The summed E-state index contributed by atoms with van der Waals surface area (Å²) < 4.78 is 39.6. The lowest BCUT2D eigenvalue weighted by Gasteiger charge is -2.15. The number of urea groups is 1. The molecular formula is C24H27F2N5O3. The number of nitrogens with one attached hydrogen (secondary N) is 3. The topological polar surface area (TPSA) is 97.4 Å². The van der Waals surface area contributed by atoms with E-state index in [9.17, 15) is 13.6 Å². The van der Waals surface area contributed by atoms with E-state index in [1.807, 2.05) is 0 Å². The third kappa shape index (κ3) is 6.28. The van der Waals surface area contributed by atoms with Gasteiger partial charge in [-0.15, -0.1) is 0 Å². The van der Waals surface area contributed by atoms with E-state index in [0.29, 0.717) is 41.7 Å². The predicted octanol–water partition coefficient (Wildman–Crippen LogP) is 4.94. The zero-order chi connectivity index (χ0) is 24.1. The Kier molecular flexibility index (Phi) is 7.06. The number of rotatable bonds is 8. The first-order valence-corrected chi connectivity index (χ1v) is 11.1. The van der Waals surface area contributed by atoms with Gasteiger partial charge in [-0.1, -0.05) is 0 Å². The summed E-state index contributed by atoms with van der Waals surface area (Å²) in [4.78, 5) is 20.3. The molecule has 2 amide bonds. The predicted molar refractivity (Wildman–Crippen MR) is 126 cm³/mol. The van der Waals surface area contributed by atoms with Gasteiger partial charge in [0.05, 0.1) is 24.1 Å². The third-order valence-electron chi connectivity index (χ3n) is 5.26. The zero-order valence-corrected chi connectivity index (χ0v) is 19.0. The lowest BCUT2D eigenvalue weighted by molar-refractivity contribution is 0.141. The summed E-state index contributed by atoms with van der Waals surface area (Å²) in [6.07, 6.45) is 2.24. The first kappa shape index (κ1) is 23.6. The summed E-state index contributed by atoms with van der Waals surface area (Å²) in [5.41, 5.74) is 0.273. The van der Waals surface area contributed by atoms with E-state index in [4.69, 9.17) is 9.47 Å². The maximum atomic E-state index is 15.0. The van der Waals surface area contributed by atoms with E-state index >= 15 is 0 Å². The third-order valence-corrected chi connectivity index (χ3v) is 5.26. The van der Waals surface area contributed by atoms with Crippen molar-refractivity contribution in [1.82, 2.24) is 15.3 Å². The largest absolute Gasteiger partial charge is 0.488 e. The number of carbonyl (C=O) groups is 1. The number of hydrogen-bond donors (Lipinski definition) is 3. The average molecular weight is 472 g/mol. The zero-order valence-electron chi connectivity index (χ0n) is 19.0. The van der Waals surface area contributed by atoms with Crippen molar-refractivity contribution < 1.29 is 23.0 Å². The van der Waals surface area contributed by atoms with Crippen LogP contribution in [-0.2, 0) is 4.74 Å². The second-order valence-electron chi connectivity index (χ2n) is 8.68. The van der Waals surface area contributed by atoms with Gasteiger partial charge in [0.1, 0.15) is 35.5 Å². The van der Waals surface area contributed by atoms with Crippen molar-refractivity contribution >= 4 is 34.1 Å². The fourth-order valence-corrected chi connectivity index (χ4v) is 3.50. The number of alkyl halides is 1. The Bertz CT molecular complexity index is 1150. The Hall–Kier alpha value is -3.53. The maximum absolute atomic E-state index is 15.0. The highest BCUT2D eigenvalue weighted by molar-refractivity contribution is 5.92. The molecule has 3 N–H and O–H groups in total. The molecule has 0 aliphatic carbocycles. The van der Waals surface area contributed by atoms with Gasteiger partial charge in [-0.05, 0) is 44.5 Å². The van der Waals surface area contributed by atoms with Crippen LogP contribution in [-0.4, -0.2) is 47.5 Å². The standard InChI is InChI=1S/C24H27F2N5O3/c1-24(2,26)8-9-27-23(32)31-16-5-3-15(4-6-16)30-22-21-19(25)11-18(12-20(21)28-14-29-22)34-17-7-10-33-13-17/h3-6,11-12,14,17H,7-10,13H2,1-2H3,(H2,27,31,32)(H,28,29,30)/t17-/m0/s1. The van der Waals surface area contributed by atoms with Crippen LogP contribution in [0.5, 0.6) is 5.75 Å². The molecule has 2 heterocycles. The number of fused-ring (bicyclic) bond motifs is 1. The number of anilines is 3. The van der Waals surface area contributed by atoms with Gasteiger partial charge in [0, 0.05) is 36.5 Å². The first-order chi connectivity index (χ1) is 16.3. The molecule has 0 unspecified atom stereocenters. The van der Waals surface area contributed by atoms with Crippen molar-refractivity contribution in [3.05, 3.63) is 48.5 Å². The second-order valence-corrected chi connectivity index (χ2v) is 8.68. The van der Waals surface area contributed by atoms with Crippen molar-refractivity contribution in [3.63, 3.8) is 0 Å². The number of hydrogen-bond acceptors (Lipinski definition) is 6. The van der Waals surface area contributed by atoms with Crippen LogP contribution in [0.2, 0.25) is 0 Å². The summed E-state index contributed by atoms with van der Waals surface area (Å²) in [5.74, 6) is 0.209. The monoisotopic (exact) mass is 471 g/mol. The van der Waals surface area contributed by atoms with E-state index in [0.717, 1.165) is 6.42 Å². The van der Waals surface area contributed by atoms with E-state index < -0.39 is 17.5 Å². The fourth-order valence-electron chi connectivity index (χ4n) is 3.50. The normalized spacial score (nSPS) is 15.8. The Morgan fingerprint density at radius 3 is 2.68 bits per heavy atom. The molecule has 0 saturated carbocycles. The average Bonchev–Trinajstić information content (AvgIpc) is 3.27. The van der Waals surface area contributed by atoms with E-state index in [1.54, 1.807) is 30.3 Å². The smallest absolute Gasteiger partial charge is 0.319 e. The molecule has 1 fully saturated rings. The first-order valence-electron chi connectivity index (χ1n) is 11.1. The summed E-state index contributed by atoms with van der Waals surface area (Å²) >= 11 is 0. The van der Waals surface area contributed by atoms with Crippen LogP contribution < -0.4 is 20.7 Å². The van der Waals surface area contributed by atoms with Crippen LogP contribution in [0, 0.1) is 5.82 Å². The van der Waals surface area contributed by atoms with Gasteiger partial charge in [0.2, 0.25) is 0 Å². The second kappa shape index (κ2) is 10.2. The van der Waals surface area contributed by atoms with Crippen molar-refractivity contribution in [1.29, 1.82) is 0 Å². The Morgan fingerprint density at radius 2 is 1.97 bits per heavy atom. The number of ether oxygens (including phenoxy) is 2. The number of halogens is 2. The van der Waals surface area contributed by atoms with Crippen LogP contribution in [0.4, 0.5) is 30.8 Å². The molecule has 0 spiro atoms. The summed E-state index contributed by atoms with van der Waals surface area (Å²) in [6.45, 7) is 4.27. The highest BCUT2D eigenvalue weighted by atomic mass is 19.1. The molecule has 2 aromatic carbocycles. The van der Waals surface area contributed by atoms with E-state index in [-0.39, 0.29) is 24.5 Å². The van der Waals surface area contributed by atoms with Crippen LogP contribution in [0.15, 0.2) is 42.7 Å². The molecule has 0 radical (unpaired) electrons. The molecular weight excluding hydrogens is 444 g/mol. The molecule has 8 nitrogen and oxygen atoms in total. The molecule has 34 heavy (non-hydrogen) atoms. The van der Waals surface area contributed by atoms with Gasteiger partial charge < -0.3 is 25.4 Å². The number of amides is 2. The highest BCUT2D eigenvalue weighted by Gasteiger charge is 2.19. The van der Waals surface area contributed by atoms with Gasteiger partial charge in [-0.25, -0.2) is 23.5 Å². The molecule has 1 aromatic heterocycles. The van der Waals surface area contributed by atoms with Gasteiger partial charge in [0.25, 0.3) is 0 Å². The quantitative estimate of drug-likeness (QED) is 0.431. The minimum absolute atomic E-state index is 0.0963. The Balaban J connectivity index is 1.41. The van der Waals surface area contributed by atoms with Gasteiger partial charge in [-0.2, -0.15) is 0 Å². The highest BCUT2D eigenvalue weighted by Crippen LogP contribution is 2.30. The molecule has 10 heteroatoms.